The first kappa shape index (κ1) is 19.4. The van der Waals surface area contributed by atoms with Crippen molar-refractivity contribution in [3.05, 3.63) is 58.4 Å². The molecule has 1 atom stereocenters. The SMILES string of the molecule is Cc1nc(CCNC(=O)[C@H](c2cccc(F)c2)N(C)C)nc2c1CCCC2. The van der Waals surface area contributed by atoms with E-state index in [-0.39, 0.29) is 11.7 Å². The van der Waals surface area contributed by atoms with Crippen LogP contribution in [-0.2, 0) is 24.1 Å². The zero-order chi connectivity index (χ0) is 19.4. The standard InChI is InChI=1S/C21H27FN4O/c1-14-17-9-4-5-10-18(17)25-19(24-14)11-12-23-21(27)20(26(2)3)15-7-6-8-16(22)13-15/h6-8,13,20H,4-5,9-12H2,1-3H3,(H,23,27)/t20-/m0/s1. The van der Waals surface area contributed by atoms with Crippen molar-refractivity contribution in [3.8, 4) is 0 Å². The van der Waals surface area contributed by atoms with Crippen molar-refractivity contribution in [2.75, 3.05) is 20.6 Å². The van der Waals surface area contributed by atoms with Gasteiger partial charge in [0.25, 0.3) is 0 Å². The third kappa shape index (κ3) is 4.69. The number of rotatable bonds is 6. The number of fused-ring (bicyclic) bond motifs is 1. The molecule has 1 amide bonds. The van der Waals surface area contributed by atoms with Gasteiger partial charge in [0.2, 0.25) is 5.91 Å². The van der Waals surface area contributed by atoms with E-state index in [1.165, 1.54) is 36.2 Å². The number of amides is 1. The van der Waals surface area contributed by atoms with Crippen molar-refractivity contribution in [1.82, 2.24) is 20.2 Å². The van der Waals surface area contributed by atoms with Crippen LogP contribution in [0.2, 0.25) is 0 Å². The summed E-state index contributed by atoms with van der Waals surface area (Å²) in [5, 5.41) is 2.95. The quantitative estimate of drug-likeness (QED) is 0.850. The van der Waals surface area contributed by atoms with Gasteiger partial charge in [-0.1, -0.05) is 12.1 Å². The van der Waals surface area contributed by atoms with Crippen LogP contribution in [-0.4, -0.2) is 41.4 Å². The molecule has 5 nitrogen and oxygen atoms in total. The normalized spacial score (nSPS) is 14.7. The molecule has 0 saturated carbocycles. The lowest BCUT2D eigenvalue weighted by atomic mass is 9.95. The highest BCUT2D eigenvalue weighted by Gasteiger charge is 2.23. The average molecular weight is 370 g/mol. The van der Waals surface area contributed by atoms with Gasteiger partial charge in [0.15, 0.2) is 0 Å². The summed E-state index contributed by atoms with van der Waals surface area (Å²) < 4.78 is 13.5. The molecule has 144 valence electrons. The van der Waals surface area contributed by atoms with Crippen LogP contribution < -0.4 is 5.32 Å². The number of aromatic nitrogens is 2. The van der Waals surface area contributed by atoms with Gasteiger partial charge in [-0.2, -0.15) is 0 Å². The lowest BCUT2D eigenvalue weighted by molar-refractivity contribution is -0.125. The van der Waals surface area contributed by atoms with Gasteiger partial charge in [0, 0.05) is 24.4 Å². The zero-order valence-electron chi connectivity index (χ0n) is 16.3. The minimum atomic E-state index is -0.535. The maximum atomic E-state index is 13.5. The van der Waals surface area contributed by atoms with Crippen LogP contribution in [0.4, 0.5) is 4.39 Å². The van der Waals surface area contributed by atoms with Gasteiger partial charge in [-0.15, -0.1) is 0 Å². The number of likely N-dealkylation sites (N-methyl/N-ethyl adjacent to an activating group) is 1. The topological polar surface area (TPSA) is 58.1 Å². The smallest absolute Gasteiger partial charge is 0.241 e. The molecule has 6 heteroatoms. The van der Waals surface area contributed by atoms with Crippen molar-refractivity contribution >= 4 is 5.91 Å². The molecule has 0 saturated heterocycles. The van der Waals surface area contributed by atoms with Gasteiger partial charge in [-0.05, 0) is 70.0 Å². The second kappa shape index (κ2) is 8.57. The summed E-state index contributed by atoms with van der Waals surface area (Å²) in [6, 6.07) is 5.64. The summed E-state index contributed by atoms with van der Waals surface area (Å²) in [4.78, 5) is 23.8. The minimum absolute atomic E-state index is 0.153. The highest BCUT2D eigenvalue weighted by molar-refractivity contribution is 5.83. The molecule has 2 aromatic rings. The summed E-state index contributed by atoms with van der Waals surface area (Å²) in [6.45, 7) is 2.50. The van der Waals surface area contributed by atoms with Crippen molar-refractivity contribution in [3.63, 3.8) is 0 Å². The summed E-state index contributed by atoms with van der Waals surface area (Å²) in [6.07, 6.45) is 5.05. The highest BCUT2D eigenvalue weighted by atomic mass is 19.1. The monoisotopic (exact) mass is 370 g/mol. The Morgan fingerprint density at radius 2 is 2.04 bits per heavy atom. The van der Waals surface area contributed by atoms with Crippen LogP contribution in [0.1, 0.15) is 47.2 Å². The summed E-state index contributed by atoms with van der Waals surface area (Å²) >= 11 is 0. The van der Waals surface area contributed by atoms with Gasteiger partial charge in [-0.25, -0.2) is 14.4 Å². The molecule has 1 aromatic carbocycles. The first-order valence-electron chi connectivity index (χ1n) is 9.50. The molecule has 0 unspecified atom stereocenters. The Bertz CT molecular complexity index is 822. The maximum Gasteiger partial charge on any atom is 0.241 e. The van der Waals surface area contributed by atoms with E-state index in [1.807, 2.05) is 21.0 Å². The fourth-order valence-corrected chi connectivity index (χ4v) is 3.71. The second-order valence-corrected chi connectivity index (χ2v) is 7.32. The molecule has 0 bridgehead atoms. The van der Waals surface area contributed by atoms with Crippen LogP contribution >= 0.6 is 0 Å². The number of aryl methyl sites for hydroxylation is 2. The number of benzene rings is 1. The first-order chi connectivity index (χ1) is 13.0. The van der Waals surface area contributed by atoms with Gasteiger partial charge >= 0.3 is 0 Å². The van der Waals surface area contributed by atoms with Crippen molar-refractivity contribution < 1.29 is 9.18 Å². The van der Waals surface area contributed by atoms with Crippen molar-refractivity contribution in [2.24, 2.45) is 0 Å². The zero-order valence-corrected chi connectivity index (χ0v) is 16.3. The molecule has 0 spiro atoms. The predicted molar refractivity (Wildman–Crippen MR) is 103 cm³/mol. The molecule has 1 N–H and O–H groups in total. The molecule has 27 heavy (non-hydrogen) atoms. The molecule has 1 aliphatic rings. The predicted octanol–water partition coefficient (Wildman–Crippen LogP) is 2.76. The van der Waals surface area contributed by atoms with Gasteiger partial charge in [0.1, 0.15) is 17.7 Å². The van der Waals surface area contributed by atoms with E-state index in [4.69, 9.17) is 4.98 Å². The van der Waals surface area contributed by atoms with E-state index >= 15 is 0 Å². The van der Waals surface area contributed by atoms with E-state index in [2.05, 4.69) is 10.3 Å². The third-order valence-corrected chi connectivity index (χ3v) is 5.01. The van der Waals surface area contributed by atoms with E-state index in [1.54, 1.807) is 17.0 Å². The maximum absolute atomic E-state index is 13.5. The Hall–Kier alpha value is -2.34. The Labute approximate surface area is 160 Å². The number of hydrogen-bond acceptors (Lipinski definition) is 4. The Kier molecular flexibility index (Phi) is 6.16. The lowest BCUT2D eigenvalue weighted by Crippen LogP contribution is -2.38. The fourth-order valence-electron chi connectivity index (χ4n) is 3.71. The van der Waals surface area contributed by atoms with Crippen molar-refractivity contribution in [1.29, 1.82) is 0 Å². The summed E-state index contributed by atoms with van der Waals surface area (Å²) in [5.74, 6) is 0.283. The molecular formula is C21H27FN4O. The Morgan fingerprint density at radius 3 is 2.78 bits per heavy atom. The van der Waals surface area contributed by atoms with Crippen LogP contribution in [0.3, 0.4) is 0 Å². The van der Waals surface area contributed by atoms with Crippen LogP contribution in [0, 0.1) is 12.7 Å². The number of carbonyl (C=O) groups excluding carboxylic acids is 1. The molecule has 0 radical (unpaired) electrons. The minimum Gasteiger partial charge on any atom is -0.354 e. The average Bonchev–Trinajstić information content (AvgIpc) is 2.62. The molecule has 0 aliphatic heterocycles. The fraction of sp³-hybridized carbons (Fsp3) is 0.476. The van der Waals surface area contributed by atoms with E-state index in [0.29, 0.717) is 18.5 Å². The second-order valence-electron chi connectivity index (χ2n) is 7.32. The number of hydrogen-bond donors (Lipinski definition) is 1. The number of carbonyl (C=O) groups is 1. The number of halogens is 1. The molecule has 1 aromatic heterocycles. The molecule has 1 aliphatic carbocycles. The third-order valence-electron chi connectivity index (χ3n) is 5.01. The van der Waals surface area contributed by atoms with Gasteiger partial charge in [0.05, 0.1) is 0 Å². The van der Waals surface area contributed by atoms with Crippen LogP contribution in [0.25, 0.3) is 0 Å². The van der Waals surface area contributed by atoms with Crippen LogP contribution in [0.5, 0.6) is 0 Å². The molecule has 0 fully saturated rings. The number of nitrogens with one attached hydrogen (secondary N) is 1. The number of nitrogens with zero attached hydrogens (tertiary/aromatic N) is 3. The Morgan fingerprint density at radius 1 is 1.26 bits per heavy atom. The molecule has 3 rings (SSSR count). The Balaban J connectivity index is 1.64. The van der Waals surface area contributed by atoms with Gasteiger partial charge < -0.3 is 5.32 Å². The highest BCUT2D eigenvalue weighted by Crippen LogP contribution is 2.22. The van der Waals surface area contributed by atoms with E-state index in [9.17, 15) is 9.18 Å². The van der Waals surface area contributed by atoms with Crippen molar-refractivity contribution in [2.45, 2.75) is 45.1 Å². The molecular weight excluding hydrogens is 343 g/mol. The molecule has 1 heterocycles. The summed E-state index contributed by atoms with van der Waals surface area (Å²) in [7, 11) is 3.62. The van der Waals surface area contributed by atoms with E-state index in [0.717, 1.165) is 24.4 Å². The summed E-state index contributed by atoms with van der Waals surface area (Å²) in [5.41, 5.74) is 4.17. The first-order valence-corrected chi connectivity index (χ1v) is 9.50. The van der Waals surface area contributed by atoms with Gasteiger partial charge in [-0.3, -0.25) is 9.69 Å². The van der Waals surface area contributed by atoms with Crippen LogP contribution in [0.15, 0.2) is 24.3 Å². The largest absolute Gasteiger partial charge is 0.354 e. The van der Waals surface area contributed by atoms with E-state index < -0.39 is 6.04 Å². The lowest BCUT2D eigenvalue weighted by Gasteiger charge is -2.24.